The van der Waals surface area contributed by atoms with E-state index in [1.165, 1.54) is 0 Å². The number of carbonyl (C=O) groups excluding carboxylic acids is 1. The zero-order valence-corrected chi connectivity index (χ0v) is 16.0. The van der Waals surface area contributed by atoms with Crippen LogP contribution in [0.3, 0.4) is 0 Å². The third kappa shape index (κ3) is 3.05. The number of H-pyrrole nitrogens is 1. The molecule has 2 fully saturated rings. The average Bonchev–Trinajstić information content (AvgIpc) is 3.10. The number of aromatic amines is 1. The number of ether oxygens (including phenoxy) is 1. The van der Waals surface area contributed by atoms with Crippen molar-refractivity contribution in [2.75, 3.05) is 0 Å². The monoisotopic (exact) mass is 383 g/mol. The van der Waals surface area contributed by atoms with Crippen molar-refractivity contribution in [2.24, 2.45) is 5.92 Å². The molecule has 0 amide bonds. The maximum absolute atomic E-state index is 12.2. The first-order chi connectivity index (χ1) is 13.6. The van der Waals surface area contributed by atoms with Crippen molar-refractivity contribution in [3.8, 4) is 0 Å². The van der Waals surface area contributed by atoms with E-state index in [0.29, 0.717) is 12.3 Å². The van der Waals surface area contributed by atoms with Gasteiger partial charge in [0.15, 0.2) is 11.3 Å². The molecule has 3 heterocycles. The molecule has 2 aliphatic carbocycles. The Kier molecular flexibility index (Phi) is 4.12. The Morgan fingerprint density at radius 2 is 2.25 bits per heavy atom. The molecule has 0 saturated heterocycles. The summed E-state index contributed by atoms with van der Waals surface area (Å²) in [5.74, 6) is 1.29. The fraction of sp³-hybridized carbons (Fsp3) is 0.600. The number of aliphatic hydroxyl groups is 1. The van der Waals surface area contributed by atoms with Gasteiger partial charge >= 0.3 is 5.97 Å². The Morgan fingerprint density at radius 1 is 1.39 bits per heavy atom. The van der Waals surface area contributed by atoms with E-state index in [0.717, 1.165) is 54.7 Å². The molecule has 3 aromatic heterocycles. The number of esters is 1. The Bertz CT molecular complexity index is 1020. The van der Waals surface area contributed by atoms with Crippen molar-refractivity contribution >= 4 is 22.8 Å². The van der Waals surface area contributed by atoms with Crippen LogP contribution >= 0.6 is 0 Å². The van der Waals surface area contributed by atoms with Gasteiger partial charge in [0.2, 0.25) is 0 Å². The molecule has 148 valence electrons. The standard InChI is InChI=1S/C20H25N5O3/c1-2-12-9-13(28-17(26)3-5-20(27)6-7-20)10-14(12)19-24-23-16-11-22-18-15(25(16)19)4-8-21-18/h4,8,11-14,21,27H,2-3,5-7,9-10H2,1H3/t12-,13+,14+/m1/s1. The van der Waals surface area contributed by atoms with Crippen LogP contribution in [0.4, 0.5) is 0 Å². The van der Waals surface area contributed by atoms with Crippen LogP contribution in [-0.2, 0) is 9.53 Å². The van der Waals surface area contributed by atoms with Gasteiger partial charge in [-0.3, -0.25) is 9.20 Å². The SMILES string of the molecule is CC[C@@H]1C[C@H](OC(=O)CCC2(O)CC2)C[C@@H]1c1nnc2cnc3[nH]ccc3n12. The minimum absolute atomic E-state index is 0.104. The highest BCUT2D eigenvalue weighted by atomic mass is 16.5. The molecule has 2 aliphatic rings. The third-order valence-corrected chi connectivity index (χ3v) is 6.39. The molecule has 0 bridgehead atoms. The number of hydrogen-bond donors (Lipinski definition) is 2. The quantitative estimate of drug-likeness (QED) is 0.634. The number of aromatic nitrogens is 5. The predicted molar refractivity (Wildman–Crippen MR) is 102 cm³/mol. The van der Waals surface area contributed by atoms with Gasteiger partial charge in [0.1, 0.15) is 11.9 Å². The number of rotatable bonds is 6. The van der Waals surface area contributed by atoms with E-state index in [9.17, 15) is 9.90 Å². The molecule has 2 N–H and O–H groups in total. The second kappa shape index (κ2) is 6.55. The second-order valence-corrected chi connectivity index (χ2v) is 8.30. The van der Waals surface area contributed by atoms with Crippen molar-refractivity contribution in [3.63, 3.8) is 0 Å². The van der Waals surface area contributed by atoms with Crippen LogP contribution in [0.1, 0.15) is 63.6 Å². The molecule has 28 heavy (non-hydrogen) atoms. The maximum Gasteiger partial charge on any atom is 0.306 e. The summed E-state index contributed by atoms with van der Waals surface area (Å²) in [6.45, 7) is 2.17. The van der Waals surface area contributed by atoms with E-state index >= 15 is 0 Å². The number of hydrogen-bond acceptors (Lipinski definition) is 6. The number of carbonyl (C=O) groups is 1. The zero-order chi connectivity index (χ0) is 19.3. The van der Waals surface area contributed by atoms with Crippen LogP contribution in [-0.4, -0.2) is 47.3 Å². The third-order valence-electron chi connectivity index (χ3n) is 6.39. The summed E-state index contributed by atoms with van der Waals surface area (Å²) in [5, 5.41) is 18.7. The second-order valence-electron chi connectivity index (χ2n) is 8.30. The van der Waals surface area contributed by atoms with Crippen LogP contribution in [0.15, 0.2) is 18.5 Å². The van der Waals surface area contributed by atoms with Crippen LogP contribution in [0.2, 0.25) is 0 Å². The van der Waals surface area contributed by atoms with Crippen LogP contribution in [0.5, 0.6) is 0 Å². The highest BCUT2D eigenvalue weighted by molar-refractivity contribution is 5.74. The normalized spacial score (nSPS) is 26.1. The van der Waals surface area contributed by atoms with E-state index in [2.05, 4.69) is 31.5 Å². The number of nitrogens with zero attached hydrogens (tertiary/aromatic N) is 4. The fourth-order valence-electron chi connectivity index (χ4n) is 4.55. The molecule has 0 aliphatic heterocycles. The van der Waals surface area contributed by atoms with Crippen molar-refractivity contribution < 1.29 is 14.6 Å². The lowest BCUT2D eigenvalue weighted by Crippen LogP contribution is -2.18. The first-order valence-corrected chi connectivity index (χ1v) is 10.2. The lowest BCUT2D eigenvalue weighted by molar-refractivity contribution is -0.149. The first kappa shape index (κ1) is 17.6. The maximum atomic E-state index is 12.2. The lowest BCUT2D eigenvalue weighted by atomic mass is 9.93. The molecule has 8 heteroatoms. The summed E-state index contributed by atoms with van der Waals surface area (Å²) in [4.78, 5) is 19.7. The van der Waals surface area contributed by atoms with E-state index < -0.39 is 5.60 Å². The molecule has 0 spiro atoms. The molecule has 8 nitrogen and oxygen atoms in total. The molecule has 0 radical (unpaired) electrons. The molecule has 5 rings (SSSR count). The van der Waals surface area contributed by atoms with Gasteiger partial charge in [0, 0.05) is 18.5 Å². The van der Waals surface area contributed by atoms with Gasteiger partial charge in [-0.25, -0.2) is 4.98 Å². The van der Waals surface area contributed by atoms with Gasteiger partial charge in [0.25, 0.3) is 0 Å². The highest BCUT2D eigenvalue weighted by Crippen LogP contribution is 2.43. The smallest absolute Gasteiger partial charge is 0.306 e. The number of nitrogens with one attached hydrogen (secondary N) is 1. The van der Waals surface area contributed by atoms with Gasteiger partial charge in [-0.2, -0.15) is 0 Å². The van der Waals surface area contributed by atoms with Crippen LogP contribution < -0.4 is 0 Å². The predicted octanol–water partition coefficient (Wildman–Crippen LogP) is 2.73. The van der Waals surface area contributed by atoms with Gasteiger partial charge in [0.05, 0.1) is 17.3 Å². The molecule has 2 saturated carbocycles. The Balaban J connectivity index is 1.35. The minimum Gasteiger partial charge on any atom is -0.462 e. The highest BCUT2D eigenvalue weighted by Gasteiger charge is 2.42. The van der Waals surface area contributed by atoms with Crippen molar-refractivity contribution in [1.82, 2.24) is 24.6 Å². The first-order valence-electron chi connectivity index (χ1n) is 10.2. The Morgan fingerprint density at radius 3 is 3.04 bits per heavy atom. The van der Waals surface area contributed by atoms with Crippen molar-refractivity contribution in [3.05, 3.63) is 24.3 Å². The molecule has 3 atom stereocenters. The summed E-state index contributed by atoms with van der Waals surface area (Å²) in [7, 11) is 0. The summed E-state index contributed by atoms with van der Waals surface area (Å²) in [5.41, 5.74) is 1.89. The Hall–Kier alpha value is -2.48. The molecular formula is C20H25N5O3. The molecule has 3 aromatic rings. The zero-order valence-electron chi connectivity index (χ0n) is 16.0. The van der Waals surface area contributed by atoms with Crippen LogP contribution in [0.25, 0.3) is 16.8 Å². The summed E-state index contributed by atoms with van der Waals surface area (Å²) in [6.07, 6.45) is 8.47. The lowest BCUT2D eigenvalue weighted by Gasteiger charge is -2.15. The summed E-state index contributed by atoms with van der Waals surface area (Å²) in [6, 6.07) is 1.98. The van der Waals surface area contributed by atoms with E-state index in [-0.39, 0.29) is 24.4 Å². The summed E-state index contributed by atoms with van der Waals surface area (Å²) < 4.78 is 7.82. The van der Waals surface area contributed by atoms with Crippen LogP contribution in [0, 0.1) is 5.92 Å². The minimum atomic E-state index is -0.612. The van der Waals surface area contributed by atoms with Crippen molar-refractivity contribution in [2.45, 2.75) is 69.5 Å². The summed E-state index contributed by atoms with van der Waals surface area (Å²) >= 11 is 0. The van der Waals surface area contributed by atoms with Gasteiger partial charge < -0.3 is 14.8 Å². The van der Waals surface area contributed by atoms with Crippen molar-refractivity contribution in [1.29, 1.82) is 0 Å². The van der Waals surface area contributed by atoms with Gasteiger partial charge in [-0.1, -0.05) is 13.3 Å². The topological polar surface area (TPSA) is 105 Å². The average molecular weight is 383 g/mol. The number of fused-ring (bicyclic) bond motifs is 3. The van der Waals surface area contributed by atoms with E-state index in [1.54, 1.807) is 6.20 Å². The van der Waals surface area contributed by atoms with E-state index in [4.69, 9.17) is 4.74 Å². The fourth-order valence-corrected chi connectivity index (χ4v) is 4.55. The molecule has 0 aromatic carbocycles. The Labute approximate surface area is 162 Å². The molecular weight excluding hydrogens is 358 g/mol. The van der Waals surface area contributed by atoms with Gasteiger partial charge in [-0.05, 0) is 44.1 Å². The van der Waals surface area contributed by atoms with E-state index in [1.807, 2.05) is 12.3 Å². The molecule has 0 unspecified atom stereocenters. The largest absolute Gasteiger partial charge is 0.462 e. The van der Waals surface area contributed by atoms with Gasteiger partial charge in [-0.15, -0.1) is 10.2 Å².